The highest BCUT2D eigenvalue weighted by molar-refractivity contribution is 5.63. The molecule has 1 atom stereocenters. The van der Waals surface area contributed by atoms with E-state index in [1.807, 2.05) is 6.07 Å². The van der Waals surface area contributed by atoms with Crippen LogP contribution in [0.1, 0.15) is 6.92 Å². The molecule has 3 heteroatoms. The first kappa shape index (κ1) is 8.70. The van der Waals surface area contributed by atoms with Gasteiger partial charge >= 0.3 is 0 Å². The van der Waals surface area contributed by atoms with Crippen LogP contribution in [0.3, 0.4) is 0 Å². The minimum absolute atomic E-state index is 0.137. The van der Waals surface area contributed by atoms with Crippen LogP contribution >= 0.6 is 0 Å². The van der Waals surface area contributed by atoms with Crippen molar-refractivity contribution in [2.24, 2.45) is 11.0 Å². The maximum absolute atomic E-state index is 8.33. The molecule has 54 valence electrons. The summed E-state index contributed by atoms with van der Waals surface area (Å²) < 4.78 is 0. The summed E-state index contributed by atoms with van der Waals surface area (Å²) in [7, 11) is 1.76. The zero-order chi connectivity index (χ0) is 7.98. The molecule has 0 aliphatic carbocycles. The van der Waals surface area contributed by atoms with Gasteiger partial charge in [0.1, 0.15) is 0 Å². The van der Waals surface area contributed by atoms with Gasteiger partial charge in [-0.2, -0.15) is 10.4 Å². The Bertz CT molecular complexity index is 166. The van der Waals surface area contributed by atoms with E-state index in [-0.39, 0.29) is 5.92 Å². The van der Waals surface area contributed by atoms with Crippen molar-refractivity contribution >= 4 is 6.21 Å². The van der Waals surface area contributed by atoms with Crippen LogP contribution in [-0.2, 0) is 0 Å². The first-order chi connectivity index (χ1) is 4.70. The van der Waals surface area contributed by atoms with E-state index in [1.165, 1.54) is 0 Å². The molecule has 1 unspecified atom stereocenters. The van der Waals surface area contributed by atoms with Crippen molar-refractivity contribution in [1.82, 2.24) is 5.01 Å². The smallest absolute Gasteiger partial charge is 0.0805 e. The minimum Gasteiger partial charge on any atom is -0.277 e. The largest absolute Gasteiger partial charge is 0.277 e. The second-order valence-corrected chi connectivity index (χ2v) is 1.94. The molecule has 0 heterocycles. The molecule has 0 aliphatic heterocycles. The highest BCUT2D eigenvalue weighted by Gasteiger charge is 1.91. The number of hydrogen-bond acceptors (Lipinski definition) is 3. The monoisotopic (exact) mass is 137 g/mol. The molecule has 0 fully saturated rings. The van der Waals surface area contributed by atoms with Crippen molar-refractivity contribution in [2.75, 3.05) is 7.05 Å². The summed E-state index contributed by atoms with van der Waals surface area (Å²) in [6.45, 7) is 5.27. The van der Waals surface area contributed by atoms with Crippen molar-refractivity contribution in [3.05, 3.63) is 12.8 Å². The third-order valence-electron chi connectivity index (χ3n) is 0.940. The van der Waals surface area contributed by atoms with Gasteiger partial charge in [-0.05, 0) is 6.92 Å². The fraction of sp³-hybridized carbons (Fsp3) is 0.429. The molecule has 0 spiro atoms. The van der Waals surface area contributed by atoms with Crippen LogP contribution in [0.5, 0.6) is 0 Å². The predicted octanol–water partition coefficient (Wildman–Crippen LogP) is 1.21. The van der Waals surface area contributed by atoms with Gasteiger partial charge in [0.2, 0.25) is 0 Å². The maximum Gasteiger partial charge on any atom is 0.0805 e. The summed E-state index contributed by atoms with van der Waals surface area (Å²) in [4.78, 5) is 0. The molecule has 0 rings (SSSR count). The Balaban J connectivity index is 3.77. The van der Waals surface area contributed by atoms with E-state index >= 15 is 0 Å². The number of hydrogen-bond donors (Lipinski definition) is 0. The van der Waals surface area contributed by atoms with E-state index in [0.717, 1.165) is 0 Å². The molecule has 0 saturated heterocycles. The van der Waals surface area contributed by atoms with Gasteiger partial charge in [0.05, 0.1) is 12.0 Å². The molecule has 0 saturated carbocycles. The standard InChI is InChI=1S/C7H11N3/c1-4-10(3)9-6-7(2)5-8/h4,6-7H,1H2,2-3H3/b9-6-. The maximum atomic E-state index is 8.33. The summed E-state index contributed by atoms with van der Waals surface area (Å²) in [6, 6.07) is 2.03. The molecule has 0 aliphatic rings. The van der Waals surface area contributed by atoms with Crippen LogP contribution in [0.15, 0.2) is 17.9 Å². The van der Waals surface area contributed by atoms with Gasteiger partial charge in [-0.1, -0.05) is 6.58 Å². The van der Waals surface area contributed by atoms with Crippen molar-refractivity contribution in [2.45, 2.75) is 6.92 Å². The lowest BCUT2D eigenvalue weighted by molar-refractivity contribution is 0.492. The van der Waals surface area contributed by atoms with Gasteiger partial charge in [-0.25, -0.2) is 0 Å². The highest BCUT2D eigenvalue weighted by Crippen LogP contribution is 1.88. The Morgan fingerprint density at radius 2 is 2.40 bits per heavy atom. The van der Waals surface area contributed by atoms with Gasteiger partial charge in [-0.15, -0.1) is 0 Å². The SMILES string of the molecule is C=CN(C)/N=C\C(C)C#N. The number of hydrazone groups is 1. The first-order valence-corrected chi connectivity index (χ1v) is 2.99. The van der Waals surface area contributed by atoms with Crippen LogP contribution in [0.25, 0.3) is 0 Å². The van der Waals surface area contributed by atoms with E-state index in [4.69, 9.17) is 5.26 Å². The van der Waals surface area contributed by atoms with E-state index in [1.54, 1.807) is 31.4 Å². The molecule has 0 N–H and O–H groups in total. The van der Waals surface area contributed by atoms with Crippen LogP contribution in [0, 0.1) is 17.2 Å². The van der Waals surface area contributed by atoms with Crippen LogP contribution < -0.4 is 0 Å². The van der Waals surface area contributed by atoms with Crippen LogP contribution in [-0.4, -0.2) is 18.3 Å². The topological polar surface area (TPSA) is 39.4 Å². The lowest BCUT2D eigenvalue weighted by Crippen LogP contribution is -2.02. The summed E-state index contributed by atoms with van der Waals surface area (Å²) in [5.41, 5.74) is 0. The van der Waals surface area contributed by atoms with E-state index in [2.05, 4.69) is 11.7 Å². The average Bonchev–Trinajstić information content (AvgIpc) is 1.99. The first-order valence-electron chi connectivity index (χ1n) is 2.99. The summed E-state index contributed by atoms with van der Waals surface area (Å²) in [6.07, 6.45) is 3.14. The Hall–Kier alpha value is -1.30. The summed E-state index contributed by atoms with van der Waals surface area (Å²) >= 11 is 0. The fourth-order valence-electron chi connectivity index (χ4n) is 0.286. The quantitative estimate of drug-likeness (QED) is 0.433. The van der Waals surface area contributed by atoms with Crippen molar-refractivity contribution in [3.63, 3.8) is 0 Å². The molecule has 0 aromatic carbocycles. The van der Waals surface area contributed by atoms with E-state index < -0.39 is 0 Å². The molecule has 0 aromatic heterocycles. The molecule has 3 nitrogen and oxygen atoms in total. The molecule has 0 aromatic rings. The highest BCUT2D eigenvalue weighted by atomic mass is 15.4. The zero-order valence-electron chi connectivity index (χ0n) is 6.28. The van der Waals surface area contributed by atoms with Gasteiger partial charge in [-0.3, -0.25) is 5.01 Å². The fourth-order valence-corrected chi connectivity index (χ4v) is 0.286. The molecular weight excluding hydrogens is 126 g/mol. The third kappa shape index (κ3) is 3.67. The van der Waals surface area contributed by atoms with Gasteiger partial charge in [0.25, 0.3) is 0 Å². The summed E-state index contributed by atoms with van der Waals surface area (Å²) in [5, 5.41) is 13.8. The number of nitriles is 1. The predicted molar refractivity (Wildman–Crippen MR) is 41.2 cm³/mol. The Kier molecular flexibility index (Phi) is 3.97. The molecular formula is C7H11N3. The summed E-state index contributed by atoms with van der Waals surface area (Å²) in [5.74, 6) is -0.137. The van der Waals surface area contributed by atoms with Crippen LogP contribution in [0.4, 0.5) is 0 Å². The molecule has 10 heavy (non-hydrogen) atoms. The Labute approximate surface area is 61.3 Å². The molecule has 0 amide bonds. The third-order valence-corrected chi connectivity index (χ3v) is 0.940. The Morgan fingerprint density at radius 1 is 1.80 bits per heavy atom. The minimum atomic E-state index is -0.137. The Morgan fingerprint density at radius 3 is 2.80 bits per heavy atom. The normalized spacial score (nSPS) is 12.5. The molecule has 0 radical (unpaired) electrons. The van der Waals surface area contributed by atoms with Crippen molar-refractivity contribution in [3.8, 4) is 6.07 Å². The van der Waals surface area contributed by atoms with Crippen molar-refractivity contribution < 1.29 is 0 Å². The second-order valence-electron chi connectivity index (χ2n) is 1.94. The lowest BCUT2D eigenvalue weighted by atomic mass is 10.2. The average molecular weight is 137 g/mol. The number of rotatable bonds is 3. The number of nitrogens with zero attached hydrogens (tertiary/aromatic N) is 3. The second kappa shape index (κ2) is 4.57. The van der Waals surface area contributed by atoms with Gasteiger partial charge in [0, 0.05) is 19.5 Å². The van der Waals surface area contributed by atoms with E-state index in [0.29, 0.717) is 0 Å². The van der Waals surface area contributed by atoms with Gasteiger partial charge < -0.3 is 0 Å². The van der Waals surface area contributed by atoms with E-state index in [9.17, 15) is 0 Å². The van der Waals surface area contributed by atoms with Crippen LogP contribution in [0.2, 0.25) is 0 Å². The van der Waals surface area contributed by atoms with Crippen molar-refractivity contribution in [1.29, 1.82) is 5.26 Å². The molecule has 0 bridgehead atoms. The zero-order valence-corrected chi connectivity index (χ0v) is 6.28. The lowest BCUT2D eigenvalue weighted by Gasteiger charge is -2.03. The van der Waals surface area contributed by atoms with Gasteiger partial charge in [0.15, 0.2) is 0 Å².